The van der Waals surface area contributed by atoms with Gasteiger partial charge in [-0.05, 0) is 38.1 Å². The molecule has 3 nitrogen and oxygen atoms in total. The van der Waals surface area contributed by atoms with E-state index < -0.39 is 0 Å². The molecule has 0 radical (unpaired) electrons. The lowest BCUT2D eigenvalue weighted by molar-refractivity contribution is 0.458. The first-order valence-electron chi connectivity index (χ1n) is 7.59. The molecular weight excluding hydrogens is 254 g/mol. The minimum Gasteiger partial charge on any atom is -0.313 e. The Morgan fingerprint density at radius 1 is 1.47 bits per heavy atom. The Balaban J connectivity index is 1.89. The maximum absolute atomic E-state index is 4.79. The monoisotopic (exact) mass is 281 g/mol. The van der Waals surface area contributed by atoms with Gasteiger partial charge < -0.3 is 5.32 Å². The van der Waals surface area contributed by atoms with Gasteiger partial charge in [0.1, 0.15) is 0 Å². The van der Waals surface area contributed by atoms with Crippen molar-refractivity contribution in [1.29, 1.82) is 0 Å². The predicted molar refractivity (Wildman–Crippen MR) is 83.9 cm³/mol. The van der Waals surface area contributed by atoms with E-state index in [-0.39, 0.29) is 0 Å². The summed E-state index contributed by atoms with van der Waals surface area (Å²) in [7, 11) is 0. The summed E-state index contributed by atoms with van der Waals surface area (Å²) in [6, 6.07) is 3.43. The lowest BCUT2D eigenvalue weighted by Crippen LogP contribution is -2.34. The lowest BCUT2D eigenvalue weighted by Gasteiger charge is -2.16. The second-order valence-electron chi connectivity index (χ2n) is 5.54. The van der Waals surface area contributed by atoms with Gasteiger partial charge in [0, 0.05) is 24.4 Å². The van der Waals surface area contributed by atoms with E-state index in [1.165, 1.54) is 37.8 Å². The first kappa shape index (κ1) is 14.9. The van der Waals surface area contributed by atoms with Crippen molar-refractivity contribution < 1.29 is 0 Å². The smallest absolute Gasteiger partial charge is 0.0640 e. The van der Waals surface area contributed by atoms with Gasteiger partial charge in [0.2, 0.25) is 0 Å². The number of hydrogen-bond donors (Lipinski definition) is 1. The van der Waals surface area contributed by atoms with Gasteiger partial charge in [0.25, 0.3) is 0 Å². The summed E-state index contributed by atoms with van der Waals surface area (Å²) in [6.45, 7) is 3.33. The molecule has 0 saturated heterocycles. The molecule has 1 aromatic rings. The van der Waals surface area contributed by atoms with Gasteiger partial charge in [0.05, 0.1) is 11.7 Å². The van der Waals surface area contributed by atoms with Crippen LogP contribution in [0.2, 0.25) is 0 Å². The highest BCUT2D eigenvalue weighted by Gasteiger charge is 2.18. The van der Waals surface area contributed by atoms with Crippen LogP contribution in [0.1, 0.15) is 50.8 Å². The molecule has 1 saturated carbocycles. The molecule has 19 heavy (non-hydrogen) atoms. The van der Waals surface area contributed by atoms with Crippen LogP contribution in [0, 0.1) is 0 Å². The third kappa shape index (κ3) is 4.53. The molecule has 1 aromatic heterocycles. The number of thioether (sulfide) groups is 1. The topological polar surface area (TPSA) is 29.9 Å². The summed E-state index contributed by atoms with van der Waals surface area (Å²) in [5.41, 5.74) is 1.24. The highest BCUT2D eigenvalue weighted by molar-refractivity contribution is 7.98. The van der Waals surface area contributed by atoms with E-state index in [2.05, 4.69) is 35.4 Å². The number of hydrogen-bond acceptors (Lipinski definition) is 3. The van der Waals surface area contributed by atoms with Crippen molar-refractivity contribution in [3.05, 3.63) is 18.0 Å². The van der Waals surface area contributed by atoms with Crippen LogP contribution in [0.15, 0.2) is 12.3 Å². The van der Waals surface area contributed by atoms with E-state index >= 15 is 0 Å². The zero-order valence-electron chi connectivity index (χ0n) is 12.3. The Kier molecular flexibility index (Phi) is 6.24. The molecule has 1 heterocycles. The van der Waals surface area contributed by atoms with Crippen LogP contribution >= 0.6 is 11.8 Å². The quantitative estimate of drug-likeness (QED) is 0.793. The first-order valence-corrected chi connectivity index (χ1v) is 8.99. The van der Waals surface area contributed by atoms with Crippen molar-refractivity contribution in [3.8, 4) is 0 Å². The number of nitrogens with zero attached hydrogens (tertiary/aromatic N) is 2. The first-order chi connectivity index (χ1) is 9.33. The van der Waals surface area contributed by atoms with Crippen molar-refractivity contribution in [2.24, 2.45) is 0 Å². The molecule has 0 aromatic carbocycles. The largest absolute Gasteiger partial charge is 0.313 e. The Bertz CT molecular complexity index is 358. The summed E-state index contributed by atoms with van der Waals surface area (Å²) < 4.78 is 2.21. The zero-order valence-corrected chi connectivity index (χ0v) is 13.1. The van der Waals surface area contributed by atoms with Gasteiger partial charge in [0.15, 0.2) is 0 Å². The van der Waals surface area contributed by atoms with Gasteiger partial charge in [-0.15, -0.1) is 0 Å². The van der Waals surface area contributed by atoms with Crippen LogP contribution in [-0.2, 0) is 6.42 Å². The normalized spacial score (nSPS) is 18.0. The van der Waals surface area contributed by atoms with Crippen LogP contribution in [0.4, 0.5) is 0 Å². The summed E-state index contributed by atoms with van der Waals surface area (Å²) >= 11 is 1.91. The third-order valence-electron chi connectivity index (χ3n) is 3.87. The molecule has 1 atom stereocenters. The zero-order chi connectivity index (χ0) is 13.5. The van der Waals surface area contributed by atoms with Crippen molar-refractivity contribution in [2.75, 3.05) is 18.6 Å². The summed E-state index contributed by atoms with van der Waals surface area (Å²) in [4.78, 5) is 0. The van der Waals surface area contributed by atoms with Crippen molar-refractivity contribution in [1.82, 2.24) is 15.1 Å². The van der Waals surface area contributed by atoms with Crippen molar-refractivity contribution in [3.63, 3.8) is 0 Å². The summed E-state index contributed by atoms with van der Waals surface area (Å²) in [6.07, 6.45) is 12.0. The molecule has 4 heteroatoms. The van der Waals surface area contributed by atoms with Crippen LogP contribution in [0.3, 0.4) is 0 Å². The van der Waals surface area contributed by atoms with E-state index in [9.17, 15) is 0 Å². The second kappa shape index (κ2) is 7.95. The average molecular weight is 281 g/mol. The molecular formula is C15H27N3S. The molecule has 1 N–H and O–H groups in total. The van der Waals surface area contributed by atoms with Gasteiger partial charge in [-0.25, -0.2) is 0 Å². The van der Waals surface area contributed by atoms with E-state index in [1.807, 2.05) is 11.8 Å². The van der Waals surface area contributed by atoms with E-state index in [4.69, 9.17) is 5.10 Å². The van der Waals surface area contributed by atoms with Gasteiger partial charge in [-0.3, -0.25) is 4.68 Å². The highest BCUT2D eigenvalue weighted by atomic mass is 32.2. The molecule has 1 fully saturated rings. The van der Waals surface area contributed by atoms with Crippen LogP contribution in [0.25, 0.3) is 0 Å². The maximum atomic E-state index is 4.79. The average Bonchev–Trinajstić information content (AvgIpc) is 3.06. The Morgan fingerprint density at radius 3 is 2.95 bits per heavy atom. The molecule has 2 rings (SSSR count). The van der Waals surface area contributed by atoms with Gasteiger partial charge in [-0.1, -0.05) is 19.8 Å². The lowest BCUT2D eigenvalue weighted by atomic mass is 10.2. The molecule has 1 unspecified atom stereocenters. The van der Waals surface area contributed by atoms with E-state index in [1.54, 1.807) is 0 Å². The molecule has 1 aliphatic carbocycles. The summed E-state index contributed by atoms with van der Waals surface area (Å²) in [5.74, 6) is 1.16. The fraction of sp³-hybridized carbons (Fsp3) is 0.800. The van der Waals surface area contributed by atoms with Crippen LogP contribution in [-0.4, -0.2) is 34.4 Å². The third-order valence-corrected chi connectivity index (χ3v) is 4.60. The Hall–Kier alpha value is -0.480. The fourth-order valence-electron chi connectivity index (χ4n) is 2.85. The molecule has 0 amide bonds. The van der Waals surface area contributed by atoms with Gasteiger partial charge in [-0.2, -0.15) is 16.9 Å². The maximum Gasteiger partial charge on any atom is 0.0640 e. The summed E-state index contributed by atoms with van der Waals surface area (Å²) in [5, 5.41) is 8.42. The highest BCUT2D eigenvalue weighted by Crippen LogP contribution is 2.28. The minimum absolute atomic E-state index is 0.557. The molecule has 0 aliphatic heterocycles. The van der Waals surface area contributed by atoms with Crippen LogP contribution in [0.5, 0.6) is 0 Å². The minimum atomic E-state index is 0.557. The Labute approximate surface area is 121 Å². The fourth-order valence-corrected chi connectivity index (χ4v) is 3.49. The van der Waals surface area contributed by atoms with E-state index in [0.29, 0.717) is 12.1 Å². The number of rotatable bonds is 8. The number of aromatic nitrogens is 2. The molecule has 0 spiro atoms. The van der Waals surface area contributed by atoms with E-state index in [0.717, 1.165) is 18.7 Å². The van der Waals surface area contributed by atoms with Crippen molar-refractivity contribution >= 4 is 11.8 Å². The second-order valence-corrected chi connectivity index (χ2v) is 6.45. The number of nitrogens with one attached hydrogen (secondary N) is 1. The predicted octanol–water partition coefficient (Wildman–Crippen LogP) is 3.27. The Morgan fingerprint density at radius 2 is 2.26 bits per heavy atom. The van der Waals surface area contributed by atoms with Crippen molar-refractivity contribution in [2.45, 2.75) is 57.5 Å². The SMILES string of the molecule is CCCNC(CSC)Cc1ccn(C2CCCC2)n1. The standard InChI is InChI=1S/C15H27N3S/c1-3-9-16-14(12-19-2)11-13-8-10-18(17-13)15-6-4-5-7-15/h8,10,14-16H,3-7,9,11-12H2,1-2H3. The molecule has 108 valence electrons. The molecule has 0 bridgehead atoms. The van der Waals surface area contributed by atoms with Crippen LogP contribution < -0.4 is 5.32 Å². The molecule has 1 aliphatic rings. The van der Waals surface area contributed by atoms with Gasteiger partial charge >= 0.3 is 0 Å².